The quantitative estimate of drug-likeness (QED) is 0.365. The molecular formula is C15H21N11O2. The zero-order chi connectivity index (χ0) is 20.6. The van der Waals surface area contributed by atoms with Gasteiger partial charge in [-0.3, -0.25) is 19.6 Å². The fourth-order valence-electron chi connectivity index (χ4n) is 2.53. The first kappa shape index (κ1) is 19.0. The van der Waals surface area contributed by atoms with E-state index in [4.69, 9.17) is 11.5 Å². The van der Waals surface area contributed by atoms with Gasteiger partial charge in [-0.05, 0) is 27.7 Å². The Morgan fingerprint density at radius 2 is 1.46 bits per heavy atom. The van der Waals surface area contributed by atoms with Crippen molar-refractivity contribution in [3.8, 4) is 0 Å². The number of imidazole rings is 1. The molecule has 4 aromatic rings. The zero-order valence-electron chi connectivity index (χ0n) is 15.8. The SMILES string of the molecule is CC(C)n1cnc2c(=O)[nH]c(N)nc21.CC(C)n1nnc2c(=O)[nH]c(N)nc21. The number of nitrogens with zero attached hydrogens (tertiary/aromatic N) is 7. The smallest absolute Gasteiger partial charge is 0.282 e. The molecule has 0 amide bonds. The number of nitrogens with two attached hydrogens (primary N) is 2. The fourth-order valence-corrected chi connectivity index (χ4v) is 2.53. The summed E-state index contributed by atoms with van der Waals surface area (Å²) < 4.78 is 3.36. The van der Waals surface area contributed by atoms with Gasteiger partial charge < -0.3 is 16.0 Å². The lowest BCUT2D eigenvalue weighted by Gasteiger charge is -2.06. The Balaban J connectivity index is 0.000000161. The van der Waals surface area contributed by atoms with Crippen molar-refractivity contribution in [3.63, 3.8) is 0 Å². The van der Waals surface area contributed by atoms with Crippen LogP contribution in [0.25, 0.3) is 22.3 Å². The molecule has 0 saturated heterocycles. The average molecular weight is 387 g/mol. The van der Waals surface area contributed by atoms with Crippen molar-refractivity contribution in [2.75, 3.05) is 11.5 Å². The highest BCUT2D eigenvalue weighted by atomic mass is 16.1. The predicted octanol–water partition coefficient (Wildman–Crippen LogP) is -0.0396. The van der Waals surface area contributed by atoms with E-state index in [1.807, 2.05) is 27.7 Å². The summed E-state index contributed by atoms with van der Waals surface area (Å²) >= 11 is 0. The number of hydrogen-bond donors (Lipinski definition) is 4. The molecule has 0 aliphatic heterocycles. The molecular weight excluding hydrogens is 366 g/mol. The predicted molar refractivity (Wildman–Crippen MR) is 104 cm³/mol. The van der Waals surface area contributed by atoms with Crippen LogP contribution < -0.4 is 22.6 Å². The maximum Gasteiger partial charge on any atom is 0.282 e. The molecule has 0 aromatic carbocycles. The highest BCUT2D eigenvalue weighted by Gasteiger charge is 2.12. The van der Waals surface area contributed by atoms with Crippen molar-refractivity contribution >= 4 is 34.2 Å². The lowest BCUT2D eigenvalue weighted by molar-refractivity contribution is 0.526. The van der Waals surface area contributed by atoms with Gasteiger partial charge in [0.05, 0.1) is 12.4 Å². The molecule has 28 heavy (non-hydrogen) atoms. The van der Waals surface area contributed by atoms with Crippen molar-refractivity contribution in [1.82, 2.24) is 44.5 Å². The molecule has 4 rings (SSSR count). The first-order chi connectivity index (χ1) is 13.2. The maximum absolute atomic E-state index is 11.4. The molecule has 4 aromatic heterocycles. The first-order valence-electron chi connectivity index (χ1n) is 8.52. The molecule has 0 aliphatic rings. The van der Waals surface area contributed by atoms with Gasteiger partial charge in [-0.2, -0.15) is 9.97 Å². The standard InChI is InChI=1S/C8H11N5O.C7H10N6O/c1-4(2)13-3-10-5-6(13)11-8(9)12-7(5)14;1-3(2)13-5-4(11-12-13)6(14)10-7(8)9-5/h3-4H,1-2H3,(H3,9,11,12,14);3H,1-2H3,(H3,8,9,10,14). The van der Waals surface area contributed by atoms with Crippen molar-refractivity contribution in [2.24, 2.45) is 0 Å². The highest BCUT2D eigenvalue weighted by molar-refractivity contribution is 5.70. The Hall–Kier alpha value is -3.77. The third-order valence-electron chi connectivity index (χ3n) is 3.85. The molecule has 0 unspecified atom stereocenters. The molecule has 13 nitrogen and oxygen atoms in total. The van der Waals surface area contributed by atoms with E-state index in [0.29, 0.717) is 16.8 Å². The highest BCUT2D eigenvalue weighted by Crippen LogP contribution is 2.12. The molecule has 0 saturated carbocycles. The van der Waals surface area contributed by atoms with Gasteiger partial charge in [0.25, 0.3) is 11.1 Å². The van der Waals surface area contributed by atoms with Gasteiger partial charge >= 0.3 is 0 Å². The van der Waals surface area contributed by atoms with Crippen LogP contribution in [0.2, 0.25) is 0 Å². The molecule has 13 heteroatoms. The molecule has 0 bridgehead atoms. The minimum atomic E-state index is -0.362. The second-order valence-electron chi connectivity index (χ2n) is 6.62. The van der Waals surface area contributed by atoms with Crippen molar-refractivity contribution in [1.29, 1.82) is 0 Å². The lowest BCUT2D eigenvalue weighted by Crippen LogP contribution is -2.12. The number of rotatable bonds is 2. The van der Waals surface area contributed by atoms with Crippen molar-refractivity contribution < 1.29 is 0 Å². The van der Waals surface area contributed by atoms with Gasteiger partial charge in [-0.25, -0.2) is 9.67 Å². The van der Waals surface area contributed by atoms with Crippen molar-refractivity contribution in [3.05, 3.63) is 27.0 Å². The molecule has 0 aliphatic carbocycles. The van der Waals surface area contributed by atoms with Crippen LogP contribution in [-0.4, -0.2) is 44.5 Å². The van der Waals surface area contributed by atoms with E-state index in [-0.39, 0.29) is 40.6 Å². The van der Waals surface area contributed by atoms with Gasteiger partial charge in [0.2, 0.25) is 11.9 Å². The number of H-pyrrole nitrogens is 2. The van der Waals surface area contributed by atoms with E-state index in [2.05, 4.69) is 35.2 Å². The lowest BCUT2D eigenvalue weighted by atomic mass is 10.4. The van der Waals surface area contributed by atoms with Gasteiger partial charge in [0, 0.05) is 6.04 Å². The van der Waals surface area contributed by atoms with Crippen LogP contribution in [0.15, 0.2) is 15.9 Å². The van der Waals surface area contributed by atoms with Gasteiger partial charge in [0.1, 0.15) is 0 Å². The number of nitrogen functional groups attached to an aromatic ring is 2. The Bertz CT molecular complexity index is 1150. The van der Waals surface area contributed by atoms with Gasteiger partial charge in [-0.15, -0.1) is 5.10 Å². The molecule has 0 atom stereocenters. The Morgan fingerprint density at radius 3 is 2.04 bits per heavy atom. The summed E-state index contributed by atoms with van der Waals surface area (Å²) in [6, 6.07) is 0.294. The van der Waals surface area contributed by atoms with E-state index in [1.54, 1.807) is 15.6 Å². The molecule has 4 heterocycles. The summed E-state index contributed by atoms with van der Waals surface area (Å²) in [7, 11) is 0. The summed E-state index contributed by atoms with van der Waals surface area (Å²) in [5.41, 5.74) is 11.7. The topological polar surface area (TPSA) is 192 Å². The van der Waals surface area contributed by atoms with Crippen LogP contribution >= 0.6 is 0 Å². The fraction of sp³-hybridized carbons (Fsp3) is 0.400. The van der Waals surface area contributed by atoms with E-state index >= 15 is 0 Å². The molecule has 0 radical (unpaired) electrons. The van der Waals surface area contributed by atoms with Crippen LogP contribution in [0.4, 0.5) is 11.9 Å². The monoisotopic (exact) mass is 387 g/mol. The molecule has 0 spiro atoms. The van der Waals surface area contributed by atoms with Crippen molar-refractivity contribution in [2.45, 2.75) is 39.8 Å². The molecule has 148 valence electrons. The third-order valence-corrected chi connectivity index (χ3v) is 3.85. The van der Waals surface area contributed by atoms with Crippen LogP contribution in [0, 0.1) is 0 Å². The van der Waals surface area contributed by atoms with Crippen LogP contribution in [0.5, 0.6) is 0 Å². The Morgan fingerprint density at radius 1 is 0.893 bits per heavy atom. The van der Waals surface area contributed by atoms with Crippen LogP contribution in [0.3, 0.4) is 0 Å². The molecule has 0 fully saturated rings. The van der Waals surface area contributed by atoms with E-state index < -0.39 is 0 Å². The second kappa shape index (κ2) is 7.09. The van der Waals surface area contributed by atoms with Gasteiger partial charge in [0.15, 0.2) is 22.3 Å². The third kappa shape index (κ3) is 3.41. The second-order valence-corrected chi connectivity index (χ2v) is 6.62. The Kier molecular flexibility index (Phi) is 4.81. The number of anilines is 2. The number of nitrogens with one attached hydrogen (secondary N) is 2. The summed E-state index contributed by atoms with van der Waals surface area (Å²) in [4.78, 5) is 39.5. The number of hydrogen-bond acceptors (Lipinski definition) is 9. The summed E-state index contributed by atoms with van der Waals surface area (Å²) in [5.74, 6) is 0.191. The van der Waals surface area contributed by atoms with E-state index in [1.165, 1.54) is 0 Å². The van der Waals surface area contributed by atoms with E-state index in [9.17, 15) is 9.59 Å². The molecule has 6 N–H and O–H groups in total. The average Bonchev–Trinajstić information content (AvgIpc) is 3.19. The normalized spacial score (nSPS) is 11.4. The largest absolute Gasteiger partial charge is 0.369 e. The summed E-state index contributed by atoms with van der Waals surface area (Å²) in [5, 5.41) is 7.56. The zero-order valence-corrected chi connectivity index (χ0v) is 15.8. The van der Waals surface area contributed by atoms with E-state index in [0.717, 1.165) is 0 Å². The van der Waals surface area contributed by atoms with Crippen LogP contribution in [0.1, 0.15) is 39.8 Å². The Labute approximate surface area is 157 Å². The van der Waals surface area contributed by atoms with Gasteiger partial charge in [-0.1, -0.05) is 5.21 Å². The number of aromatic nitrogens is 9. The van der Waals surface area contributed by atoms with Crippen LogP contribution in [-0.2, 0) is 0 Å². The minimum absolute atomic E-state index is 0.0756. The summed E-state index contributed by atoms with van der Waals surface area (Å²) in [6.07, 6.45) is 1.59. The summed E-state index contributed by atoms with van der Waals surface area (Å²) in [6.45, 7) is 7.82. The first-order valence-corrected chi connectivity index (χ1v) is 8.52. The number of aromatic amines is 2. The number of fused-ring (bicyclic) bond motifs is 2. The minimum Gasteiger partial charge on any atom is -0.369 e. The maximum atomic E-state index is 11.4.